The first kappa shape index (κ1) is 8.53. The molecule has 1 heterocycles. The maximum absolute atomic E-state index is 10.9. The highest BCUT2D eigenvalue weighted by Gasteiger charge is 2.25. The molecule has 0 bridgehead atoms. The standard InChI is InChI=1S/C8H14O3/c1-6-3-4-7(11-5-6)8(9)10-2/h6-7H,3-5H2,1-2H3/t6-,7-/m1/s1. The van der Waals surface area contributed by atoms with Gasteiger partial charge in [0.05, 0.1) is 13.7 Å². The van der Waals surface area contributed by atoms with Crippen LogP contribution in [0.25, 0.3) is 0 Å². The minimum Gasteiger partial charge on any atom is -0.467 e. The number of carbonyl (C=O) groups excluding carboxylic acids is 1. The molecule has 0 amide bonds. The Balaban J connectivity index is 2.33. The van der Waals surface area contributed by atoms with Gasteiger partial charge in [0.25, 0.3) is 0 Å². The van der Waals surface area contributed by atoms with E-state index >= 15 is 0 Å². The summed E-state index contributed by atoms with van der Waals surface area (Å²) in [5.41, 5.74) is 0. The van der Waals surface area contributed by atoms with Gasteiger partial charge in [-0.3, -0.25) is 0 Å². The van der Waals surface area contributed by atoms with Gasteiger partial charge in [0, 0.05) is 0 Å². The lowest BCUT2D eigenvalue weighted by Crippen LogP contribution is -2.32. The Hall–Kier alpha value is -0.570. The number of rotatable bonds is 1. The van der Waals surface area contributed by atoms with E-state index < -0.39 is 0 Å². The molecule has 3 nitrogen and oxygen atoms in total. The van der Waals surface area contributed by atoms with Crippen LogP contribution in [0.15, 0.2) is 0 Å². The van der Waals surface area contributed by atoms with Crippen molar-refractivity contribution in [2.24, 2.45) is 5.92 Å². The molecule has 2 atom stereocenters. The van der Waals surface area contributed by atoms with Crippen molar-refractivity contribution in [1.29, 1.82) is 0 Å². The molecule has 1 aliphatic rings. The molecule has 0 aromatic carbocycles. The van der Waals surface area contributed by atoms with Gasteiger partial charge in [-0.2, -0.15) is 0 Å². The lowest BCUT2D eigenvalue weighted by atomic mass is 10.0. The van der Waals surface area contributed by atoms with Crippen LogP contribution < -0.4 is 0 Å². The van der Waals surface area contributed by atoms with Crippen molar-refractivity contribution in [2.45, 2.75) is 25.9 Å². The number of methoxy groups -OCH3 is 1. The largest absolute Gasteiger partial charge is 0.467 e. The van der Waals surface area contributed by atoms with Crippen LogP contribution in [0.3, 0.4) is 0 Å². The Kier molecular flexibility index (Phi) is 2.88. The van der Waals surface area contributed by atoms with Crippen LogP contribution in [0, 0.1) is 5.92 Å². The van der Waals surface area contributed by atoms with Crippen LogP contribution in [0.2, 0.25) is 0 Å². The first-order valence-electron chi connectivity index (χ1n) is 3.93. The van der Waals surface area contributed by atoms with Crippen molar-refractivity contribution in [3.8, 4) is 0 Å². The molecular formula is C8H14O3. The highest BCUT2D eigenvalue weighted by atomic mass is 16.6. The molecule has 1 rings (SSSR count). The molecule has 1 saturated heterocycles. The van der Waals surface area contributed by atoms with Crippen molar-refractivity contribution < 1.29 is 14.3 Å². The van der Waals surface area contributed by atoms with E-state index in [2.05, 4.69) is 11.7 Å². The summed E-state index contributed by atoms with van der Waals surface area (Å²) in [6, 6.07) is 0. The molecule has 0 aromatic heterocycles. The van der Waals surface area contributed by atoms with Gasteiger partial charge in [0.15, 0.2) is 6.10 Å². The SMILES string of the molecule is COC(=O)[C@H]1CC[C@@H](C)CO1. The number of esters is 1. The molecule has 0 aromatic rings. The molecule has 3 heteroatoms. The van der Waals surface area contributed by atoms with Gasteiger partial charge in [-0.05, 0) is 18.8 Å². The van der Waals surface area contributed by atoms with Crippen molar-refractivity contribution in [2.75, 3.05) is 13.7 Å². The lowest BCUT2D eigenvalue weighted by Gasteiger charge is -2.24. The third-order valence-corrected chi connectivity index (χ3v) is 1.97. The van der Waals surface area contributed by atoms with Gasteiger partial charge in [-0.25, -0.2) is 4.79 Å². The van der Waals surface area contributed by atoms with E-state index in [1.54, 1.807) is 0 Å². The zero-order chi connectivity index (χ0) is 8.27. The van der Waals surface area contributed by atoms with Crippen LogP contribution in [0.5, 0.6) is 0 Å². The maximum atomic E-state index is 10.9. The molecule has 0 N–H and O–H groups in total. The number of hydrogen-bond donors (Lipinski definition) is 0. The van der Waals surface area contributed by atoms with Crippen molar-refractivity contribution in [3.05, 3.63) is 0 Å². The van der Waals surface area contributed by atoms with Gasteiger partial charge in [-0.1, -0.05) is 6.92 Å². The molecule has 1 fully saturated rings. The summed E-state index contributed by atoms with van der Waals surface area (Å²) in [5, 5.41) is 0. The van der Waals surface area contributed by atoms with Gasteiger partial charge >= 0.3 is 5.97 Å². The van der Waals surface area contributed by atoms with E-state index in [4.69, 9.17) is 4.74 Å². The summed E-state index contributed by atoms with van der Waals surface area (Å²) in [4.78, 5) is 10.9. The molecule has 0 aliphatic carbocycles. The van der Waals surface area contributed by atoms with Crippen LogP contribution in [-0.4, -0.2) is 25.8 Å². The van der Waals surface area contributed by atoms with E-state index in [1.165, 1.54) is 7.11 Å². The average Bonchev–Trinajstić information content (AvgIpc) is 2.05. The summed E-state index contributed by atoms with van der Waals surface area (Å²) in [5.74, 6) is 0.341. The van der Waals surface area contributed by atoms with E-state index in [9.17, 15) is 4.79 Å². The fourth-order valence-corrected chi connectivity index (χ4v) is 1.20. The Labute approximate surface area is 66.7 Å². The fraction of sp³-hybridized carbons (Fsp3) is 0.875. The van der Waals surface area contributed by atoms with Gasteiger partial charge in [0.2, 0.25) is 0 Å². The third kappa shape index (κ3) is 2.19. The molecule has 11 heavy (non-hydrogen) atoms. The predicted molar refractivity (Wildman–Crippen MR) is 40.2 cm³/mol. The first-order chi connectivity index (χ1) is 5.24. The average molecular weight is 158 g/mol. The second kappa shape index (κ2) is 3.72. The zero-order valence-electron chi connectivity index (χ0n) is 7.00. The second-order valence-electron chi connectivity index (χ2n) is 3.03. The monoisotopic (exact) mass is 158 g/mol. The highest BCUT2D eigenvalue weighted by molar-refractivity contribution is 5.74. The van der Waals surface area contributed by atoms with Crippen molar-refractivity contribution in [1.82, 2.24) is 0 Å². The number of ether oxygens (including phenoxy) is 2. The lowest BCUT2D eigenvalue weighted by molar-refractivity contribution is -0.158. The normalized spacial score (nSPS) is 31.5. The Bertz CT molecular complexity index is 136. The summed E-state index contributed by atoms with van der Waals surface area (Å²) in [6.45, 7) is 2.80. The van der Waals surface area contributed by atoms with Crippen LogP contribution in [-0.2, 0) is 14.3 Å². The van der Waals surface area contributed by atoms with Gasteiger partial charge in [0.1, 0.15) is 0 Å². The highest BCUT2D eigenvalue weighted by Crippen LogP contribution is 2.18. The molecule has 0 saturated carbocycles. The van der Waals surface area contributed by atoms with Gasteiger partial charge < -0.3 is 9.47 Å². The molecule has 0 unspecified atom stereocenters. The summed E-state index contributed by atoms with van der Waals surface area (Å²) < 4.78 is 9.83. The van der Waals surface area contributed by atoms with Gasteiger partial charge in [-0.15, -0.1) is 0 Å². The molecule has 1 aliphatic heterocycles. The fourth-order valence-electron chi connectivity index (χ4n) is 1.20. The Morgan fingerprint density at radius 2 is 2.27 bits per heavy atom. The molecule has 0 radical (unpaired) electrons. The van der Waals surface area contributed by atoms with E-state index in [1.807, 2.05) is 0 Å². The first-order valence-corrected chi connectivity index (χ1v) is 3.93. The molecule has 64 valence electrons. The maximum Gasteiger partial charge on any atom is 0.334 e. The summed E-state index contributed by atoms with van der Waals surface area (Å²) in [6.07, 6.45) is 1.55. The topological polar surface area (TPSA) is 35.5 Å². The van der Waals surface area contributed by atoms with E-state index in [0.29, 0.717) is 12.5 Å². The summed E-state index contributed by atoms with van der Waals surface area (Å²) in [7, 11) is 1.39. The second-order valence-corrected chi connectivity index (χ2v) is 3.03. The van der Waals surface area contributed by atoms with Crippen LogP contribution in [0.4, 0.5) is 0 Å². The van der Waals surface area contributed by atoms with Crippen LogP contribution >= 0.6 is 0 Å². The summed E-state index contributed by atoms with van der Waals surface area (Å²) >= 11 is 0. The molecular weight excluding hydrogens is 144 g/mol. The quantitative estimate of drug-likeness (QED) is 0.533. The Morgan fingerprint density at radius 1 is 1.55 bits per heavy atom. The Morgan fingerprint density at radius 3 is 2.73 bits per heavy atom. The number of carbonyl (C=O) groups is 1. The smallest absolute Gasteiger partial charge is 0.334 e. The third-order valence-electron chi connectivity index (χ3n) is 1.97. The minimum atomic E-state index is -0.309. The van der Waals surface area contributed by atoms with E-state index in [0.717, 1.165) is 12.8 Å². The predicted octanol–water partition coefficient (Wildman–Crippen LogP) is 0.974. The number of hydrogen-bond acceptors (Lipinski definition) is 3. The molecule has 0 spiro atoms. The minimum absolute atomic E-state index is 0.239. The van der Waals surface area contributed by atoms with Crippen molar-refractivity contribution >= 4 is 5.97 Å². The van der Waals surface area contributed by atoms with E-state index in [-0.39, 0.29) is 12.1 Å². The van der Waals surface area contributed by atoms with Crippen LogP contribution in [0.1, 0.15) is 19.8 Å². The zero-order valence-corrected chi connectivity index (χ0v) is 7.00. The van der Waals surface area contributed by atoms with Crippen molar-refractivity contribution in [3.63, 3.8) is 0 Å².